The van der Waals surface area contributed by atoms with Crippen molar-refractivity contribution >= 4 is 0 Å². The third-order valence-electron chi connectivity index (χ3n) is 5.34. The van der Waals surface area contributed by atoms with Gasteiger partial charge in [-0.3, -0.25) is 0 Å². The smallest absolute Gasteiger partial charge is 0.197 e. The van der Waals surface area contributed by atoms with Gasteiger partial charge in [-0.05, 0) is 31.6 Å². The average Bonchev–Trinajstić information content (AvgIpc) is 3.16. The molecule has 2 nitrogen and oxygen atoms in total. The molecule has 0 saturated heterocycles. The van der Waals surface area contributed by atoms with E-state index in [9.17, 15) is 17.6 Å². The summed E-state index contributed by atoms with van der Waals surface area (Å²) in [6, 6.07) is 3.35. The second-order valence-corrected chi connectivity index (χ2v) is 6.70. The van der Waals surface area contributed by atoms with Crippen molar-refractivity contribution in [3.8, 4) is 11.5 Å². The molecule has 2 aliphatic rings. The van der Waals surface area contributed by atoms with E-state index in [4.69, 9.17) is 9.47 Å². The van der Waals surface area contributed by atoms with Gasteiger partial charge in [-0.1, -0.05) is 5.57 Å². The maximum Gasteiger partial charge on any atom is 0.197 e. The predicted molar refractivity (Wildman–Crippen MR) is 87.9 cm³/mol. The fraction of sp³-hybridized carbons (Fsp3) is 0.300. The van der Waals surface area contributed by atoms with Crippen LogP contribution in [0.15, 0.2) is 23.3 Å². The highest BCUT2D eigenvalue weighted by Crippen LogP contribution is 2.66. The summed E-state index contributed by atoms with van der Waals surface area (Å²) in [5.41, 5.74) is 2.47. The zero-order valence-corrected chi connectivity index (χ0v) is 14.6. The van der Waals surface area contributed by atoms with Gasteiger partial charge in [0.2, 0.25) is 0 Å². The first-order valence-corrected chi connectivity index (χ1v) is 8.12. The summed E-state index contributed by atoms with van der Waals surface area (Å²) in [4.78, 5) is 0. The Kier molecular flexibility index (Phi) is 3.58. The Morgan fingerprint density at radius 2 is 1.08 bits per heavy atom. The van der Waals surface area contributed by atoms with Crippen LogP contribution in [0.5, 0.6) is 11.5 Å². The van der Waals surface area contributed by atoms with E-state index in [2.05, 4.69) is 0 Å². The Labute approximate surface area is 148 Å². The first-order valence-electron chi connectivity index (χ1n) is 8.12. The first kappa shape index (κ1) is 16.9. The number of ether oxygens (including phenoxy) is 2. The molecule has 0 heterocycles. The van der Waals surface area contributed by atoms with Crippen molar-refractivity contribution in [1.82, 2.24) is 0 Å². The van der Waals surface area contributed by atoms with Gasteiger partial charge in [-0.25, -0.2) is 17.6 Å². The molecule has 26 heavy (non-hydrogen) atoms. The van der Waals surface area contributed by atoms with Crippen molar-refractivity contribution in [1.29, 1.82) is 0 Å². The summed E-state index contributed by atoms with van der Waals surface area (Å²) >= 11 is 0. The lowest BCUT2D eigenvalue weighted by atomic mass is 9.84. The van der Waals surface area contributed by atoms with Crippen LogP contribution in [0, 0.1) is 23.3 Å². The van der Waals surface area contributed by atoms with Crippen molar-refractivity contribution in [2.45, 2.75) is 25.7 Å². The summed E-state index contributed by atoms with van der Waals surface area (Å²) in [5, 5.41) is 0. The molecule has 0 radical (unpaired) electrons. The Morgan fingerprint density at radius 1 is 0.692 bits per heavy atom. The van der Waals surface area contributed by atoms with Crippen molar-refractivity contribution < 1.29 is 27.0 Å². The van der Waals surface area contributed by atoms with Gasteiger partial charge in [0.15, 0.2) is 23.3 Å². The van der Waals surface area contributed by atoms with Crippen LogP contribution in [0.1, 0.15) is 47.9 Å². The molecule has 0 amide bonds. The summed E-state index contributed by atoms with van der Waals surface area (Å²) in [6.07, 6.45) is 0. The van der Waals surface area contributed by atoms with Crippen LogP contribution in [0.2, 0.25) is 0 Å². The second-order valence-electron chi connectivity index (χ2n) is 6.70. The summed E-state index contributed by atoms with van der Waals surface area (Å²) < 4.78 is 68.1. The molecule has 0 aliphatic heterocycles. The van der Waals surface area contributed by atoms with Gasteiger partial charge < -0.3 is 9.47 Å². The highest BCUT2D eigenvalue weighted by atomic mass is 19.2. The molecule has 4 rings (SSSR count). The fourth-order valence-corrected chi connectivity index (χ4v) is 4.43. The third kappa shape index (κ3) is 1.82. The molecule has 2 aliphatic carbocycles. The number of fused-ring (bicyclic) bond motifs is 8. The molecule has 0 spiro atoms. The highest BCUT2D eigenvalue weighted by Gasteiger charge is 2.53. The number of allylic oxidation sites excluding steroid dienone is 2. The lowest BCUT2D eigenvalue weighted by molar-refractivity contribution is 0.387. The first-order chi connectivity index (χ1) is 12.3. The van der Waals surface area contributed by atoms with Gasteiger partial charge in [0.1, 0.15) is 11.5 Å². The van der Waals surface area contributed by atoms with Gasteiger partial charge in [0.25, 0.3) is 0 Å². The van der Waals surface area contributed by atoms with E-state index >= 15 is 0 Å². The molecule has 0 aromatic heterocycles. The van der Waals surface area contributed by atoms with Crippen molar-refractivity contribution in [3.05, 3.63) is 68.8 Å². The third-order valence-corrected chi connectivity index (χ3v) is 5.34. The molecule has 0 unspecified atom stereocenters. The Hall–Kier alpha value is -2.50. The maximum atomic E-state index is 14.7. The summed E-state index contributed by atoms with van der Waals surface area (Å²) in [6.45, 7) is 3.63. The maximum absolute atomic E-state index is 14.7. The van der Waals surface area contributed by atoms with Crippen molar-refractivity contribution in [2.75, 3.05) is 14.2 Å². The van der Waals surface area contributed by atoms with Crippen LogP contribution in [-0.2, 0) is 0 Å². The quantitative estimate of drug-likeness (QED) is 0.316. The molecular weight excluding hydrogens is 348 g/mol. The minimum atomic E-state index is -1.79. The van der Waals surface area contributed by atoms with Crippen LogP contribution in [0.25, 0.3) is 0 Å². The van der Waals surface area contributed by atoms with Gasteiger partial charge in [-0.2, -0.15) is 0 Å². The number of hydrogen-bond acceptors (Lipinski definition) is 2. The fourth-order valence-electron chi connectivity index (χ4n) is 4.43. The number of hydrogen-bond donors (Lipinski definition) is 0. The van der Waals surface area contributed by atoms with Gasteiger partial charge >= 0.3 is 0 Å². The minimum Gasteiger partial charge on any atom is -0.496 e. The van der Waals surface area contributed by atoms with Crippen molar-refractivity contribution in [2.24, 2.45) is 0 Å². The average molecular weight is 364 g/mol. The molecular formula is C20H16F4O2. The number of rotatable bonds is 2. The van der Waals surface area contributed by atoms with Gasteiger partial charge in [0.05, 0.1) is 14.2 Å². The van der Waals surface area contributed by atoms with E-state index in [-0.39, 0.29) is 11.1 Å². The molecule has 2 aromatic rings. The largest absolute Gasteiger partial charge is 0.496 e. The topological polar surface area (TPSA) is 18.5 Å². The zero-order valence-electron chi connectivity index (χ0n) is 14.6. The van der Waals surface area contributed by atoms with Gasteiger partial charge in [0, 0.05) is 34.1 Å². The summed E-state index contributed by atoms with van der Waals surface area (Å²) in [5.74, 6) is -6.78. The second kappa shape index (κ2) is 5.50. The lowest BCUT2D eigenvalue weighted by Gasteiger charge is -2.23. The Balaban J connectivity index is 2.18. The molecule has 136 valence electrons. The molecule has 0 fully saturated rings. The Bertz CT molecular complexity index is 918. The van der Waals surface area contributed by atoms with E-state index in [0.717, 1.165) is 5.57 Å². The number of halogens is 4. The van der Waals surface area contributed by atoms with Crippen LogP contribution >= 0.6 is 0 Å². The minimum absolute atomic E-state index is 0.151. The zero-order chi connectivity index (χ0) is 18.9. The highest BCUT2D eigenvalue weighted by molar-refractivity contribution is 5.75. The van der Waals surface area contributed by atoms with Crippen LogP contribution in [-0.4, -0.2) is 14.2 Å². The lowest BCUT2D eigenvalue weighted by Crippen LogP contribution is -2.14. The monoisotopic (exact) mass is 364 g/mol. The van der Waals surface area contributed by atoms with E-state index in [1.807, 2.05) is 13.8 Å². The molecule has 2 aromatic carbocycles. The number of benzene rings is 2. The van der Waals surface area contributed by atoms with E-state index < -0.39 is 35.1 Å². The molecule has 0 saturated carbocycles. The molecule has 0 N–H and O–H groups in total. The van der Waals surface area contributed by atoms with E-state index in [1.165, 1.54) is 14.2 Å². The van der Waals surface area contributed by atoms with Crippen molar-refractivity contribution in [3.63, 3.8) is 0 Å². The Morgan fingerprint density at radius 3 is 1.38 bits per heavy atom. The normalized spacial score (nSPS) is 19.5. The van der Waals surface area contributed by atoms with Gasteiger partial charge in [-0.15, -0.1) is 0 Å². The van der Waals surface area contributed by atoms with E-state index in [1.54, 1.807) is 12.1 Å². The molecule has 2 bridgehead atoms. The predicted octanol–water partition coefficient (Wildman–Crippen LogP) is 5.19. The standard InChI is InChI=1S/C20H16F4O2/c1-7(2)10-13-11-8(25-3)5-6-9(26-4)12(11)14(10)16-15(13)17(21)19(23)20(24)18(16)22/h5-6,13-14H,1-4H3/t13-,14-/m0/s1. The van der Waals surface area contributed by atoms with Crippen LogP contribution in [0.3, 0.4) is 0 Å². The molecule has 2 atom stereocenters. The van der Waals surface area contributed by atoms with Crippen LogP contribution < -0.4 is 9.47 Å². The molecule has 6 heteroatoms. The van der Waals surface area contributed by atoms with Crippen LogP contribution in [0.4, 0.5) is 17.6 Å². The number of methoxy groups -OCH3 is 2. The summed E-state index contributed by atoms with van der Waals surface area (Å²) in [7, 11) is 2.94. The van der Waals surface area contributed by atoms with E-state index in [0.29, 0.717) is 28.2 Å². The SMILES string of the molecule is COc1ccc(OC)c2c1[C@@H]1C(=C(C)C)[C@@H]2c2c(F)c(F)c(F)c(F)c21.